The van der Waals surface area contributed by atoms with Crippen molar-refractivity contribution in [3.05, 3.63) is 15.8 Å². The number of nitrogens with one attached hydrogen (secondary N) is 2. The molecule has 6 heteroatoms. The fraction of sp³-hybridized carbons (Fsp3) is 0.667. The Bertz CT molecular complexity index is 522. The third kappa shape index (κ3) is 2.93. The van der Waals surface area contributed by atoms with Crippen LogP contribution < -0.4 is 10.0 Å². The summed E-state index contributed by atoms with van der Waals surface area (Å²) in [4.78, 5) is 2.36. The predicted octanol–water partition coefficient (Wildman–Crippen LogP) is 1.85. The highest BCUT2D eigenvalue weighted by molar-refractivity contribution is 7.89. The summed E-state index contributed by atoms with van der Waals surface area (Å²) in [7, 11) is -1.48. The molecule has 2 atom stereocenters. The van der Waals surface area contributed by atoms with Gasteiger partial charge in [-0.1, -0.05) is 13.3 Å². The Kier molecular flexibility index (Phi) is 4.11. The first-order chi connectivity index (χ1) is 8.47. The molecule has 0 aliphatic heterocycles. The Morgan fingerprint density at radius 3 is 2.78 bits per heavy atom. The van der Waals surface area contributed by atoms with Crippen molar-refractivity contribution in [2.24, 2.45) is 5.92 Å². The van der Waals surface area contributed by atoms with Crippen LogP contribution in [-0.4, -0.2) is 21.5 Å². The van der Waals surface area contributed by atoms with Gasteiger partial charge in [-0.3, -0.25) is 0 Å². The van der Waals surface area contributed by atoms with Gasteiger partial charge in [0, 0.05) is 22.3 Å². The minimum atomic E-state index is -3.34. The third-order valence-corrected chi connectivity index (χ3v) is 6.11. The van der Waals surface area contributed by atoms with E-state index < -0.39 is 10.0 Å². The molecular formula is C12H20N2O2S2. The minimum Gasteiger partial charge on any atom is -0.315 e. The van der Waals surface area contributed by atoms with Gasteiger partial charge in [0.25, 0.3) is 0 Å². The van der Waals surface area contributed by atoms with Gasteiger partial charge in [-0.05, 0) is 32.4 Å². The van der Waals surface area contributed by atoms with Gasteiger partial charge in [-0.25, -0.2) is 13.1 Å². The van der Waals surface area contributed by atoms with Gasteiger partial charge in [0.2, 0.25) is 10.0 Å². The molecule has 0 aromatic carbocycles. The Hall–Kier alpha value is -0.430. The fourth-order valence-electron chi connectivity index (χ4n) is 2.16. The zero-order valence-electron chi connectivity index (χ0n) is 11.0. The molecule has 0 saturated heterocycles. The molecule has 4 nitrogen and oxygen atoms in total. The summed E-state index contributed by atoms with van der Waals surface area (Å²) in [5, 5.41) is 3.04. The first-order valence-electron chi connectivity index (χ1n) is 6.24. The molecule has 1 fully saturated rings. The minimum absolute atomic E-state index is 0.145. The van der Waals surface area contributed by atoms with E-state index in [1.807, 2.05) is 14.0 Å². The lowest BCUT2D eigenvalue weighted by Crippen LogP contribution is -2.27. The van der Waals surface area contributed by atoms with E-state index in [0.717, 1.165) is 22.6 Å². The van der Waals surface area contributed by atoms with Crippen LogP contribution in [-0.2, 0) is 16.6 Å². The summed E-state index contributed by atoms with van der Waals surface area (Å²) in [5.74, 6) is 0.524. The topological polar surface area (TPSA) is 58.2 Å². The second-order valence-corrected chi connectivity index (χ2v) is 7.82. The molecule has 1 aliphatic carbocycles. The smallest absolute Gasteiger partial charge is 0.241 e. The van der Waals surface area contributed by atoms with Crippen molar-refractivity contribution in [3.8, 4) is 0 Å². The molecule has 1 aromatic heterocycles. The van der Waals surface area contributed by atoms with Crippen LogP contribution in [0, 0.1) is 12.8 Å². The summed E-state index contributed by atoms with van der Waals surface area (Å²) >= 11 is 1.54. The third-order valence-electron chi connectivity index (χ3n) is 3.32. The van der Waals surface area contributed by atoms with Gasteiger partial charge < -0.3 is 5.32 Å². The number of hydrogen-bond donors (Lipinski definition) is 2. The molecule has 18 heavy (non-hydrogen) atoms. The van der Waals surface area contributed by atoms with Gasteiger partial charge in [0.05, 0.1) is 4.90 Å². The molecule has 1 saturated carbocycles. The van der Waals surface area contributed by atoms with E-state index in [1.165, 1.54) is 11.3 Å². The van der Waals surface area contributed by atoms with Crippen LogP contribution >= 0.6 is 11.3 Å². The Morgan fingerprint density at radius 2 is 2.22 bits per heavy atom. The number of sulfonamides is 1. The van der Waals surface area contributed by atoms with Crippen molar-refractivity contribution in [2.45, 2.75) is 44.2 Å². The van der Waals surface area contributed by atoms with Crippen molar-refractivity contribution in [2.75, 3.05) is 7.05 Å². The molecule has 2 unspecified atom stereocenters. The normalized spacial score (nSPS) is 23.3. The van der Waals surface area contributed by atoms with Gasteiger partial charge in [-0.15, -0.1) is 11.3 Å². The van der Waals surface area contributed by atoms with Gasteiger partial charge in [0.1, 0.15) is 0 Å². The first kappa shape index (κ1) is 14.0. The first-order valence-corrected chi connectivity index (χ1v) is 8.54. The number of thiophene rings is 1. The van der Waals surface area contributed by atoms with Crippen molar-refractivity contribution in [1.82, 2.24) is 10.0 Å². The average Bonchev–Trinajstić information content (AvgIpc) is 2.92. The summed E-state index contributed by atoms with van der Waals surface area (Å²) in [6.07, 6.45) is 2.02. The second kappa shape index (κ2) is 5.28. The van der Waals surface area contributed by atoms with E-state index in [2.05, 4.69) is 17.0 Å². The van der Waals surface area contributed by atoms with E-state index in [4.69, 9.17) is 0 Å². The molecule has 1 aromatic rings. The van der Waals surface area contributed by atoms with E-state index in [-0.39, 0.29) is 6.04 Å². The highest BCUT2D eigenvalue weighted by Crippen LogP contribution is 2.35. The maximum atomic E-state index is 12.3. The number of rotatable bonds is 6. The van der Waals surface area contributed by atoms with E-state index in [9.17, 15) is 8.42 Å². The zero-order valence-corrected chi connectivity index (χ0v) is 12.6. The lowest BCUT2D eigenvalue weighted by molar-refractivity contribution is 0.575. The summed E-state index contributed by atoms with van der Waals surface area (Å²) < 4.78 is 27.3. The summed E-state index contributed by atoms with van der Waals surface area (Å²) in [5.41, 5.74) is 0. The van der Waals surface area contributed by atoms with Crippen LogP contribution in [0.15, 0.2) is 11.0 Å². The molecule has 102 valence electrons. The van der Waals surface area contributed by atoms with Crippen LogP contribution in [0.4, 0.5) is 0 Å². The highest BCUT2D eigenvalue weighted by atomic mass is 32.2. The molecule has 1 aliphatic rings. The van der Waals surface area contributed by atoms with Gasteiger partial charge in [-0.2, -0.15) is 0 Å². The van der Waals surface area contributed by atoms with Crippen molar-refractivity contribution < 1.29 is 8.42 Å². The van der Waals surface area contributed by atoms with Gasteiger partial charge in [0.15, 0.2) is 0 Å². The van der Waals surface area contributed by atoms with Crippen molar-refractivity contribution in [1.29, 1.82) is 0 Å². The molecule has 0 bridgehead atoms. The number of hydrogen-bond acceptors (Lipinski definition) is 4. The maximum absolute atomic E-state index is 12.3. The van der Waals surface area contributed by atoms with Gasteiger partial charge >= 0.3 is 0 Å². The SMILES string of the molecule is CCC1CC1NS(=O)(=O)c1cc(CNC)sc1C. The summed E-state index contributed by atoms with van der Waals surface area (Å²) in [6.45, 7) is 4.67. The second-order valence-electron chi connectivity index (χ2n) is 4.80. The molecule has 1 heterocycles. The van der Waals surface area contributed by atoms with Crippen LogP contribution in [0.2, 0.25) is 0 Å². The zero-order chi connectivity index (χ0) is 13.3. The Balaban J connectivity index is 2.14. The predicted molar refractivity (Wildman–Crippen MR) is 74.3 cm³/mol. The van der Waals surface area contributed by atoms with Crippen LogP contribution in [0.1, 0.15) is 29.5 Å². The van der Waals surface area contributed by atoms with E-state index in [1.54, 1.807) is 6.07 Å². The monoisotopic (exact) mass is 288 g/mol. The molecule has 0 amide bonds. The fourth-order valence-corrected chi connectivity index (χ4v) is 5.12. The Labute approximate surface area is 113 Å². The van der Waals surface area contributed by atoms with Crippen molar-refractivity contribution in [3.63, 3.8) is 0 Å². The molecule has 0 radical (unpaired) electrons. The largest absolute Gasteiger partial charge is 0.315 e. The quantitative estimate of drug-likeness (QED) is 0.840. The van der Waals surface area contributed by atoms with E-state index in [0.29, 0.717) is 17.4 Å². The lowest BCUT2D eigenvalue weighted by Gasteiger charge is -2.05. The van der Waals surface area contributed by atoms with Crippen LogP contribution in [0.5, 0.6) is 0 Å². The molecule has 2 rings (SSSR count). The highest BCUT2D eigenvalue weighted by Gasteiger charge is 2.39. The molecule has 0 spiro atoms. The maximum Gasteiger partial charge on any atom is 0.241 e. The van der Waals surface area contributed by atoms with Crippen LogP contribution in [0.3, 0.4) is 0 Å². The van der Waals surface area contributed by atoms with Crippen LogP contribution in [0.25, 0.3) is 0 Å². The average molecular weight is 288 g/mol. The Morgan fingerprint density at radius 1 is 1.50 bits per heavy atom. The van der Waals surface area contributed by atoms with Crippen molar-refractivity contribution >= 4 is 21.4 Å². The molecular weight excluding hydrogens is 268 g/mol. The van der Waals surface area contributed by atoms with E-state index >= 15 is 0 Å². The standard InChI is InChI=1S/C12H20N2O2S2/c1-4-9-5-11(9)14-18(15,16)12-6-10(7-13-3)17-8(12)2/h6,9,11,13-14H,4-5,7H2,1-3H3. The molecule has 2 N–H and O–H groups in total. The summed E-state index contributed by atoms with van der Waals surface area (Å²) in [6, 6.07) is 1.93. The lowest BCUT2D eigenvalue weighted by atomic mass is 10.3. The number of aryl methyl sites for hydroxylation is 1.